The van der Waals surface area contributed by atoms with Crippen molar-refractivity contribution in [3.8, 4) is 0 Å². The first-order valence-corrected chi connectivity index (χ1v) is 7.09. The fraction of sp³-hybridized carbons (Fsp3) is 0.533. The van der Waals surface area contributed by atoms with Crippen molar-refractivity contribution in [2.75, 3.05) is 32.8 Å². The summed E-state index contributed by atoms with van der Waals surface area (Å²) < 4.78 is 5.33. The molecule has 1 aliphatic rings. The third kappa shape index (κ3) is 4.03. The molecule has 3 N–H and O–H groups in total. The third-order valence-corrected chi connectivity index (χ3v) is 3.68. The molecule has 1 aromatic rings. The average molecular weight is 277 g/mol. The SMILES string of the molecule is CC(CNC(=O)c1ccc(CN)cc1)N1CCOCC1. The summed E-state index contributed by atoms with van der Waals surface area (Å²) in [6.45, 7) is 6.69. The summed E-state index contributed by atoms with van der Waals surface area (Å²) in [6.07, 6.45) is 0. The van der Waals surface area contributed by atoms with Gasteiger partial charge in [-0.05, 0) is 24.6 Å². The summed E-state index contributed by atoms with van der Waals surface area (Å²) in [4.78, 5) is 14.4. The minimum atomic E-state index is -0.0336. The van der Waals surface area contributed by atoms with E-state index < -0.39 is 0 Å². The van der Waals surface area contributed by atoms with Gasteiger partial charge in [0.1, 0.15) is 0 Å². The first-order valence-electron chi connectivity index (χ1n) is 7.09. The molecule has 1 aromatic carbocycles. The normalized spacial score (nSPS) is 17.7. The Balaban J connectivity index is 1.81. The van der Waals surface area contributed by atoms with Crippen LogP contribution < -0.4 is 11.1 Å². The number of carbonyl (C=O) groups excluding carboxylic acids is 1. The second kappa shape index (κ2) is 7.38. The van der Waals surface area contributed by atoms with Crippen LogP contribution in [0.15, 0.2) is 24.3 Å². The Morgan fingerprint density at radius 2 is 2.00 bits per heavy atom. The van der Waals surface area contributed by atoms with Crippen molar-refractivity contribution >= 4 is 5.91 Å². The first-order chi connectivity index (χ1) is 9.70. The Kier molecular flexibility index (Phi) is 5.52. The number of benzene rings is 1. The monoisotopic (exact) mass is 277 g/mol. The van der Waals surface area contributed by atoms with Crippen LogP contribution in [0.5, 0.6) is 0 Å². The summed E-state index contributed by atoms with van der Waals surface area (Å²) in [6, 6.07) is 7.74. The zero-order valence-electron chi connectivity index (χ0n) is 12.0. The molecule has 0 spiro atoms. The van der Waals surface area contributed by atoms with Gasteiger partial charge in [-0.15, -0.1) is 0 Å². The van der Waals surface area contributed by atoms with Crippen molar-refractivity contribution in [2.24, 2.45) is 5.73 Å². The number of morpholine rings is 1. The predicted molar refractivity (Wildman–Crippen MR) is 78.5 cm³/mol. The van der Waals surface area contributed by atoms with E-state index in [-0.39, 0.29) is 5.91 Å². The van der Waals surface area contributed by atoms with Crippen LogP contribution in [0.3, 0.4) is 0 Å². The number of hydrogen-bond donors (Lipinski definition) is 2. The van der Waals surface area contributed by atoms with Gasteiger partial charge >= 0.3 is 0 Å². The lowest BCUT2D eigenvalue weighted by atomic mass is 10.1. The zero-order valence-corrected chi connectivity index (χ0v) is 12.0. The minimum Gasteiger partial charge on any atom is -0.379 e. The van der Waals surface area contributed by atoms with E-state index in [4.69, 9.17) is 10.5 Å². The molecule has 1 unspecified atom stereocenters. The van der Waals surface area contributed by atoms with E-state index in [0.717, 1.165) is 31.9 Å². The van der Waals surface area contributed by atoms with Crippen LogP contribution in [0.4, 0.5) is 0 Å². The molecule has 1 fully saturated rings. The third-order valence-electron chi connectivity index (χ3n) is 3.68. The molecule has 5 heteroatoms. The number of rotatable bonds is 5. The van der Waals surface area contributed by atoms with Crippen LogP contribution in [-0.2, 0) is 11.3 Å². The van der Waals surface area contributed by atoms with Crippen LogP contribution >= 0.6 is 0 Å². The minimum absolute atomic E-state index is 0.0336. The molecule has 110 valence electrons. The number of nitrogens with zero attached hydrogens (tertiary/aromatic N) is 1. The van der Waals surface area contributed by atoms with Crippen LogP contribution in [0.2, 0.25) is 0 Å². The average Bonchev–Trinajstić information content (AvgIpc) is 2.53. The molecular formula is C15H23N3O2. The highest BCUT2D eigenvalue weighted by Crippen LogP contribution is 2.05. The van der Waals surface area contributed by atoms with Gasteiger partial charge in [-0.1, -0.05) is 12.1 Å². The summed E-state index contributed by atoms with van der Waals surface area (Å²) in [5.74, 6) is -0.0336. The molecule has 0 radical (unpaired) electrons. The van der Waals surface area contributed by atoms with Crippen molar-refractivity contribution in [3.63, 3.8) is 0 Å². The molecule has 1 amide bonds. The molecule has 1 aliphatic heterocycles. The molecule has 5 nitrogen and oxygen atoms in total. The molecular weight excluding hydrogens is 254 g/mol. The quantitative estimate of drug-likeness (QED) is 0.827. The Hall–Kier alpha value is -1.43. The van der Waals surface area contributed by atoms with Crippen LogP contribution in [0.1, 0.15) is 22.8 Å². The summed E-state index contributed by atoms with van der Waals surface area (Å²) in [7, 11) is 0. The maximum Gasteiger partial charge on any atom is 0.251 e. The number of nitrogens with one attached hydrogen (secondary N) is 1. The maximum absolute atomic E-state index is 12.0. The van der Waals surface area contributed by atoms with Crippen molar-refractivity contribution in [2.45, 2.75) is 19.5 Å². The molecule has 1 heterocycles. The summed E-state index contributed by atoms with van der Waals surface area (Å²) in [5.41, 5.74) is 7.25. The van der Waals surface area contributed by atoms with Gasteiger partial charge in [-0.25, -0.2) is 0 Å². The van der Waals surface area contributed by atoms with Crippen LogP contribution in [0, 0.1) is 0 Å². The van der Waals surface area contributed by atoms with Crippen LogP contribution in [-0.4, -0.2) is 49.7 Å². The van der Waals surface area contributed by atoms with Gasteiger partial charge in [0.05, 0.1) is 13.2 Å². The number of carbonyl (C=O) groups is 1. The highest BCUT2D eigenvalue weighted by Gasteiger charge is 2.17. The van der Waals surface area contributed by atoms with E-state index in [1.54, 1.807) is 0 Å². The highest BCUT2D eigenvalue weighted by atomic mass is 16.5. The predicted octanol–water partition coefficient (Wildman–Crippen LogP) is 0.596. The molecule has 0 aliphatic carbocycles. The maximum atomic E-state index is 12.0. The molecule has 2 rings (SSSR count). The number of ether oxygens (including phenoxy) is 1. The van der Waals surface area contributed by atoms with E-state index in [0.29, 0.717) is 24.7 Å². The van der Waals surface area contributed by atoms with Crippen molar-refractivity contribution in [1.29, 1.82) is 0 Å². The molecule has 1 saturated heterocycles. The van der Waals surface area contributed by atoms with Crippen molar-refractivity contribution in [3.05, 3.63) is 35.4 Å². The summed E-state index contributed by atoms with van der Waals surface area (Å²) in [5, 5.41) is 2.98. The first kappa shape index (κ1) is 15.0. The lowest BCUT2D eigenvalue weighted by Gasteiger charge is -2.32. The van der Waals surface area contributed by atoms with E-state index in [2.05, 4.69) is 17.1 Å². The second-order valence-corrected chi connectivity index (χ2v) is 5.11. The van der Waals surface area contributed by atoms with Gasteiger partial charge in [-0.2, -0.15) is 0 Å². The largest absolute Gasteiger partial charge is 0.379 e. The highest BCUT2D eigenvalue weighted by molar-refractivity contribution is 5.94. The molecule has 0 bridgehead atoms. The molecule has 1 atom stereocenters. The molecule has 0 aromatic heterocycles. The fourth-order valence-corrected chi connectivity index (χ4v) is 2.28. The number of nitrogens with two attached hydrogens (primary N) is 1. The Bertz CT molecular complexity index is 427. The van der Waals surface area contributed by atoms with Gasteiger partial charge in [0.15, 0.2) is 0 Å². The van der Waals surface area contributed by atoms with Gasteiger partial charge in [0.2, 0.25) is 0 Å². The topological polar surface area (TPSA) is 67.6 Å². The Labute approximate surface area is 120 Å². The fourth-order valence-electron chi connectivity index (χ4n) is 2.28. The van der Waals surface area contributed by atoms with Crippen LogP contribution in [0.25, 0.3) is 0 Å². The Morgan fingerprint density at radius 3 is 2.60 bits per heavy atom. The van der Waals surface area contributed by atoms with Crippen molar-refractivity contribution in [1.82, 2.24) is 10.2 Å². The number of hydrogen-bond acceptors (Lipinski definition) is 4. The van der Waals surface area contributed by atoms with Gasteiger partial charge in [0, 0.05) is 37.8 Å². The van der Waals surface area contributed by atoms with E-state index in [9.17, 15) is 4.79 Å². The van der Waals surface area contributed by atoms with Gasteiger partial charge < -0.3 is 15.8 Å². The van der Waals surface area contributed by atoms with Gasteiger partial charge in [-0.3, -0.25) is 9.69 Å². The van der Waals surface area contributed by atoms with Gasteiger partial charge in [0.25, 0.3) is 5.91 Å². The van der Waals surface area contributed by atoms with E-state index in [1.165, 1.54) is 0 Å². The molecule has 20 heavy (non-hydrogen) atoms. The lowest BCUT2D eigenvalue weighted by molar-refractivity contribution is 0.0204. The molecule has 0 saturated carbocycles. The second-order valence-electron chi connectivity index (χ2n) is 5.11. The zero-order chi connectivity index (χ0) is 14.4. The van der Waals surface area contributed by atoms with E-state index >= 15 is 0 Å². The Morgan fingerprint density at radius 1 is 1.35 bits per heavy atom. The summed E-state index contributed by atoms with van der Waals surface area (Å²) >= 11 is 0. The van der Waals surface area contributed by atoms with E-state index in [1.807, 2.05) is 24.3 Å². The smallest absolute Gasteiger partial charge is 0.251 e. The van der Waals surface area contributed by atoms with Crippen molar-refractivity contribution < 1.29 is 9.53 Å². The lowest BCUT2D eigenvalue weighted by Crippen LogP contribution is -2.47. The standard InChI is InChI=1S/C15H23N3O2/c1-12(18-6-8-20-9-7-18)11-17-15(19)14-4-2-13(10-16)3-5-14/h2-5,12H,6-11,16H2,1H3,(H,17,19). The number of amides is 1.